The van der Waals surface area contributed by atoms with Gasteiger partial charge in [0, 0.05) is 38.2 Å². The van der Waals surface area contributed by atoms with Crippen molar-refractivity contribution >= 4 is 0 Å². The molecule has 2 aromatic carbocycles. The van der Waals surface area contributed by atoms with E-state index in [1.165, 1.54) is 0 Å². The van der Waals surface area contributed by atoms with Gasteiger partial charge in [-0.2, -0.15) is 4.98 Å². The van der Waals surface area contributed by atoms with E-state index in [4.69, 9.17) is 23.5 Å². The van der Waals surface area contributed by atoms with Gasteiger partial charge in [-0.05, 0) is 24.6 Å². The Hall–Kier alpha value is -3.14. The van der Waals surface area contributed by atoms with Crippen LogP contribution in [-0.4, -0.2) is 73.9 Å². The highest BCUT2D eigenvalue weighted by Gasteiger charge is 2.18. The van der Waals surface area contributed by atoms with Gasteiger partial charge in [0.15, 0.2) is 11.5 Å². The molecule has 0 amide bonds. The third-order valence-corrected chi connectivity index (χ3v) is 5.27. The van der Waals surface area contributed by atoms with Gasteiger partial charge < -0.3 is 28.6 Å². The third-order valence-electron chi connectivity index (χ3n) is 5.27. The first-order valence-corrected chi connectivity index (χ1v) is 11.2. The molecule has 9 nitrogen and oxygen atoms in total. The van der Waals surface area contributed by atoms with E-state index in [9.17, 15) is 5.11 Å². The Balaban J connectivity index is 1.71. The number of aliphatic hydroxyl groups excluding tert-OH is 1. The highest BCUT2D eigenvalue weighted by Crippen LogP contribution is 2.40. The van der Waals surface area contributed by atoms with Crippen LogP contribution < -0.4 is 14.2 Å². The molecule has 0 aliphatic carbocycles. The summed E-state index contributed by atoms with van der Waals surface area (Å²) in [5, 5.41) is 14.5. The summed E-state index contributed by atoms with van der Waals surface area (Å²) in [5.41, 5.74) is 1.85. The smallest absolute Gasteiger partial charge is 0.228 e. The number of ether oxygens (including phenoxy) is 4. The van der Waals surface area contributed by atoms with E-state index in [1.54, 1.807) is 33.5 Å². The molecule has 0 saturated carbocycles. The molecule has 1 heterocycles. The summed E-state index contributed by atoms with van der Waals surface area (Å²) in [6.07, 6.45) is -0.0489. The first-order chi connectivity index (χ1) is 16.6. The van der Waals surface area contributed by atoms with Crippen molar-refractivity contribution in [1.82, 2.24) is 15.0 Å². The molecule has 1 N–H and O–H groups in total. The molecular weight excluding hydrogens is 438 g/mol. The summed E-state index contributed by atoms with van der Waals surface area (Å²) in [7, 11) is 4.67. The molecule has 1 aromatic heterocycles. The zero-order chi connectivity index (χ0) is 24.3. The summed E-state index contributed by atoms with van der Waals surface area (Å²) < 4.78 is 27.1. The maximum absolute atomic E-state index is 10.4. The Morgan fingerprint density at radius 3 is 2.35 bits per heavy atom. The van der Waals surface area contributed by atoms with Crippen LogP contribution >= 0.6 is 0 Å². The minimum absolute atomic E-state index is 0.299. The molecular formula is C25H33N3O6. The van der Waals surface area contributed by atoms with Crippen molar-refractivity contribution < 1.29 is 28.6 Å². The van der Waals surface area contributed by atoms with Crippen molar-refractivity contribution in [3.05, 3.63) is 53.9 Å². The van der Waals surface area contributed by atoms with Gasteiger partial charge in [-0.3, -0.25) is 4.90 Å². The predicted octanol–water partition coefficient (Wildman–Crippen LogP) is 3.20. The molecule has 0 aliphatic heterocycles. The van der Waals surface area contributed by atoms with E-state index in [0.29, 0.717) is 73.8 Å². The van der Waals surface area contributed by atoms with Crippen LogP contribution in [0.15, 0.2) is 47.0 Å². The zero-order valence-corrected chi connectivity index (χ0v) is 20.2. The largest absolute Gasteiger partial charge is 0.493 e. The van der Waals surface area contributed by atoms with Crippen LogP contribution in [0.3, 0.4) is 0 Å². The maximum Gasteiger partial charge on any atom is 0.228 e. The summed E-state index contributed by atoms with van der Waals surface area (Å²) in [6, 6.07) is 13.7. The van der Waals surface area contributed by atoms with Gasteiger partial charge >= 0.3 is 0 Å². The van der Waals surface area contributed by atoms with Gasteiger partial charge in [0.1, 0.15) is 0 Å². The van der Waals surface area contributed by atoms with Crippen LogP contribution in [-0.2, 0) is 17.7 Å². The van der Waals surface area contributed by atoms with E-state index in [-0.39, 0.29) is 0 Å². The van der Waals surface area contributed by atoms with E-state index < -0.39 is 6.10 Å². The number of aromatic nitrogens is 2. The molecule has 0 aliphatic rings. The molecule has 184 valence electrons. The van der Waals surface area contributed by atoms with E-state index in [1.807, 2.05) is 25.1 Å². The quantitative estimate of drug-likeness (QED) is 0.380. The average Bonchev–Trinajstić information content (AvgIpc) is 3.34. The minimum Gasteiger partial charge on any atom is -0.493 e. The van der Waals surface area contributed by atoms with E-state index in [0.717, 1.165) is 5.56 Å². The molecule has 3 rings (SSSR count). The predicted molar refractivity (Wildman–Crippen MR) is 127 cm³/mol. The number of nitrogens with zero attached hydrogens (tertiary/aromatic N) is 3. The number of hydrogen-bond donors (Lipinski definition) is 1. The average molecular weight is 472 g/mol. The topological polar surface area (TPSA) is 99.3 Å². The fourth-order valence-corrected chi connectivity index (χ4v) is 3.62. The van der Waals surface area contributed by atoms with Gasteiger partial charge in [-0.1, -0.05) is 35.5 Å². The van der Waals surface area contributed by atoms with Gasteiger partial charge in [0.2, 0.25) is 17.5 Å². The summed E-state index contributed by atoms with van der Waals surface area (Å²) in [5.74, 6) is 2.46. The molecule has 0 fully saturated rings. The fraction of sp³-hybridized carbons (Fsp3) is 0.440. The van der Waals surface area contributed by atoms with Crippen LogP contribution in [0.4, 0.5) is 0 Å². The lowest BCUT2D eigenvalue weighted by molar-refractivity contribution is 0.0194. The van der Waals surface area contributed by atoms with E-state index in [2.05, 4.69) is 27.2 Å². The highest BCUT2D eigenvalue weighted by atomic mass is 16.5. The van der Waals surface area contributed by atoms with Crippen molar-refractivity contribution in [2.24, 2.45) is 0 Å². The molecule has 0 radical (unpaired) electrons. The summed E-state index contributed by atoms with van der Waals surface area (Å²) in [6.45, 7) is 4.58. The molecule has 0 spiro atoms. The normalized spacial score (nSPS) is 12.1. The Bertz CT molecular complexity index is 986. The second-order valence-corrected chi connectivity index (χ2v) is 7.71. The van der Waals surface area contributed by atoms with Crippen LogP contribution in [0.25, 0.3) is 11.4 Å². The monoisotopic (exact) mass is 471 g/mol. The standard InChI is InChI=1S/C25H33N3O6/c1-5-33-17-20(29)16-28(15-18-9-7-6-8-10-18)12-11-23-26-25(27-34-23)19-13-21(30-2)24(32-4)22(14-19)31-3/h6-10,13-14,20,29H,5,11-12,15-17H2,1-4H3. The van der Waals surface area contributed by atoms with Crippen LogP contribution in [0.1, 0.15) is 18.4 Å². The van der Waals surface area contributed by atoms with Crippen molar-refractivity contribution in [3.63, 3.8) is 0 Å². The van der Waals surface area contributed by atoms with Crippen molar-refractivity contribution in [3.8, 4) is 28.6 Å². The third kappa shape index (κ3) is 6.93. The maximum atomic E-state index is 10.4. The van der Waals surface area contributed by atoms with Gasteiger partial charge in [0.05, 0.1) is 34.0 Å². The fourth-order valence-electron chi connectivity index (χ4n) is 3.62. The van der Waals surface area contributed by atoms with Gasteiger partial charge in [-0.15, -0.1) is 0 Å². The zero-order valence-electron chi connectivity index (χ0n) is 20.2. The number of benzene rings is 2. The van der Waals surface area contributed by atoms with Crippen molar-refractivity contribution in [2.75, 3.05) is 47.6 Å². The van der Waals surface area contributed by atoms with Gasteiger partial charge in [-0.25, -0.2) is 0 Å². The Morgan fingerprint density at radius 1 is 1.03 bits per heavy atom. The van der Waals surface area contributed by atoms with Crippen molar-refractivity contribution in [2.45, 2.75) is 26.0 Å². The Morgan fingerprint density at radius 2 is 1.74 bits per heavy atom. The molecule has 1 unspecified atom stereocenters. The SMILES string of the molecule is CCOCC(O)CN(CCc1nc(-c2cc(OC)c(OC)c(OC)c2)no1)Cc1ccccc1. The lowest BCUT2D eigenvalue weighted by Gasteiger charge is -2.24. The van der Waals surface area contributed by atoms with Crippen LogP contribution in [0.2, 0.25) is 0 Å². The molecule has 0 saturated heterocycles. The summed E-state index contributed by atoms with van der Waals surface area (Å²) in [4.78, 5) is 6.71. The second-order valence-electron chi connectivity index (χ2n) is 7.71. The minimum atomic E-state index is -0.582. The molecule has 3 aromatic rings. The second kappa shape index (κ2) is 12.9. The molecule has 9 heteroatoms. The van der Waals surface area contributed by atoms with Crippen LogP contribution in [0, 0.1) is 0 Å². The van der Waals surface area contributed by atoms with E-state index >= 15 is 0 Å². The number of methoxy groups -OCH3 is 3. The van der Waals surface area contributed by atoms with Gasteiger partial charge in [0.25, 0.3) is 0 Å². The lowest BCUT2D eigenvalue weighted by Crippen LogP contribution is -2.36. The van der Waals surface area contributed by atoms with Crippen molar-refractivity contribution in [1.29, 1.82) is 0 Å². The Labute approximate surface area is 200 Å². The molecule has 1 atom stereocenters. The van der Waals surface area contributed by atoms with Crippen LogP contribution in [0.5, 0.6) is 17.2 Å². The first-order valence-electron chi connectivity index (χ1n) is 11.2. The molecule has 0 bridgehead atoms. The number of aliphatic hydroxyl groups is 1. The highest BCUT2D eigenvalue weighted by molar-refractivity contribution is 5.66. The number of hydrogen-bond acceptors (Lipinski definition) is 9. The lowest BCUT2D eigenvalue weighted by atomic mass is 10.1. The number of rotatable bonds is 14. The summed E-state index contributed by atoms with van der Waals surface area (Å²) >= 11 is 0. The Kier molecular flexibility index (Phi) is 9.69. The first kappa shape index (κ1) is 25.5. The molecule has 34 heavy (non-hydrogen) atoms.